The average Bonchev–Trinajstić information content (AvgIpc) is 2.87. The smallest absolute Gasteiger partial charge is 0.207 e. The number of rotatable bonds is 7. The Hall–Kier alpha value is -2.31. The maximum absolute atomic E-state index is 14.9. The third kappa shape index (κ3) is 7.20. The average molecular weight is 541 g/mol. The summed E-state index contributed by atoms with van der Waals surface area (Å²) in [6, 6.07) is 4.58. The third-order valence-electron chi connectivity index (χ3n) is 8.78. The first-order chi connectivity index (χ1) is 18.0. The van der Waals surface area contributed by atoms with Crippen LogP contribution in [0.3, 0.4) is 0 Å². The van der Waals surface area contributed by atoms with Crippen LogP contribution in [0.2, 0.25) is 0 Å². The van der Waals surface area contributed by atoms with Crippen molar-refractivity contribution in [3.05, 3.63) is 75.9 Å². The van der Waals surface area contributed by atoms with Gasteiger partial charge in [0, 0.05) is 17.2 Å². The Labute approximate surface area is 220 Å². The zero-order valence-electron chi connectivity index (χ0n) is 21.7. The van der Waals surface area contributed by atoms with Crippen LogP contribution in [-0.4, -0.2) is 6.18 Å². The molecule has 4 rings (SSSR count). The molecule has 0 amide bonds. The van der Waals surface area contributed by atoms with E-state index in [0.29, 0.717) is 17.6 Å². The molecule has 0 aliphatic heterocycles. The van der Waals surface area contributed by atoms with Gasteiger partial charge in [0.25, 0.3) is 0 Å². The maximum Gasteiger partial charge on any atom is 0.409 e. The highest BCUT2D eigenvalue weighted by Gasteiger charge is 2.31. The zero-order valence-corrected chi connectivity index (χ0v) is 21.7. The summed E-state index contributed by atoms with van der Waals surface area (Å²) < 4.78 is 95.3. The van der Waals surface area contributed by atoms with Gasteiger partial charge in [-0.25, -0.2) is 17.6 Å². The summed E-state index contributed by atoms with van der Waals surface area (Å²) >= 11 is 0. The Morgan fingerprint density at radius 2 is 1.24 bits per heavy atom. The Bertz CT molecular complexity index is 1070. The molecule has 2 saturated carbocycles. The van der Waals surface area contributed by atoms with E-state index in [1.54, 1.807) is 0 Å². The Morgan fingerprint density at radius 1 is 0.711 bits per heavy atom. The minimum absolute atomic E-state index is 0.0598. The first-order valence-electron chi connectivity index (χ1n) is 13.8. The molecule has 0 atom stereocenters. The van der Waals surface area contributed by atoms with Gasteiger partial charge >= 0.3 is 6.18 Å². The van der Waals surface area contributed by atoms with Crippen LogP contribution in [0.25, 0.3) is 6.08 Å². The topological polar surface area (TPSA) is 0 Å². The fourth-order valence-corrected chi connectivity index (χ4v) is 6.48. The van der Waals surface area contributed by atoms with E-state index in [1.807, 2.05) is 0 Å². The predicted molar refractivity (Wildman–Crippen MR) is 136 cm³/mol. The van der Waals surface area contributed by atoms with Crippen molar-refractivity contribution >= 4 is 6.08 Å². The van der Waals surface area contributed by atoms with Crippen molar-refractivity contribution in [3.63, 3.8) is 0 Å². The Balaban J connectivity index is 1.36. The van der Waals surface area contributed by atoms with Crippen LogP contribution in [0.5, 0.6) is 0 Å². The van der Waals surface area contributed by atoms with Crippen molar-refractivity contribution in [1.29, 1.82) is 0 Å². The van der Waals surface area contributed by atoms with Gasteiger partial charge in [0.2, 0.25) is 0 Å². The summed E-state index contributed by atoms with van der Waals surface area (Å²) in [4.78, 5) is 0. The molecule has 2 aromatic carbocycles. The number of halogens is 7. The van der Waals surface area contributed by atoms with Crippen LogP contribution in [0.15, 0.2) is 30.3 Å². The van der Waals surface area contributed by atoms with Crippen molar-refractivity contribution in [2.45, 2.75) is 89.6 Å². The number of benzene rings is 2. The molecule has 0 radical (unpaired) electrons. The number of alkyl halides is 3. The molecule has 0 bridgehead atoms. The second-order valence-corrected chi connectivity index (χ2v) is 11.1. The highest BCUT2D eigenvalue weighted by molar-refractivity contribution is 5.52. The summed E-state index contributed by atoms with van der Waals surface area (Å²) in [5.74, 6) is -1.21. The number of allylic oxidation sites excluding steroid dienone is 1. The van der Waals surface area contributed by atoms with E-state index in [9.17, 15) is 30.7 Å². The van der Waals surface area contributed by atoms with Crippen LogP contribution < -0.4 is 0 Å². The Kier molecular flexibility index (Phi) is 9.25. The number of hydrogen-bond donors (Lipinski definition) is 0. The van der Waals surface area contributed by atoms with E-state index in [0.717, 1.165) is 49.7 Å². The van der Waals surface area contributed by atoms with Gasteiger partial charge in [-0.15, -0.1) is 0 Å². The first kappa shape index (κ1) is 28.7. The lowest BCUT2D eigenvalue weighted by atomic mass is 9.68. The molecule has 2 fully saturated rings. The highest BCUT2D eigenvalue weighted by Crippen LogP contribution is 2.44. The normalized spacial score (nSPS) is 24.7. The maximum atomic E-state index is 14.9. The quantitative estimate of drug-likeness (QED) is 0.307. The van der Waals surface area contributed by atoms with Crippen molar-refractivity contribution in [3.8, 4) is 0 Å². The molecule has 7 heteroatoms. The van der Waals surface area contributed by atoms with E-state index in [4.69, 9.17) is 0 Å². The molecular formula is C31H35F7. The van der Waals surface area contributed by atoms with Gasteiger partial charge in [0.05, 0.1) is 0 Å². The summed E-state index contributed by atoms with van der Waals surface area (Å²) in [7, 11) is 0. The van der Waals surface area contributed by atoms with Crippen molar-refractivity contribution in [2.24, 2.45) is 17.8 Å². The van der Waals surface area contributed by atoms with Crippen molar-refractivity contribution in [1.82, 2.24) is 0 Å². The molecule has 2 aromatic rings. The molecular weight excluding hydrogens is 505 g/mol. The molecule has 208 valence electrons. The minimum Gasteiger partial charge on any atom is -0.207 e. The second kappa shape index (κ2) is 12.3. The molecule has 0 unspecified atom stereocenters. The van der Waals surface area contributed by atoms with E-state index in [-0.39, 0.29) is 36.0 Å². The third-order valence-corrected chi connectivity index (χ3v) is 8.78. The van der Waals surface area contributed by atoms with Gasteiger partial charge < -0.3 is 0 Å². The lowest BCUT2D eigenvalue weighted by Gasteiger charge is -2.38. The van der Waals surface area contributed by atoms with E-state index in [2.05, 4.69) is 6.92 Å². The lowest BCUT2D eigenvalue weighted by Crippen LogP contribution is -2.25. The summed E-state index contributed by atoms with van der Waals surface area (Å²) in [6.45, 7) is 2.26. The van der Waals surface area contributed by atoms with Crippen molar-refractivity contribution < 1.29 is 30.7 Å². The van der Waals surface area contributed by atoms with E-state index < -0.39 is 35.0 Å². The standard InChI is InChI=1S/C31H35F7/c1-2-19-3-6-21(7-4-19)22-8-10-23(11-9-22)24-17-29(34)25(30(35)18-24)12-5-20-15-27(32)26(28(33)16-20)13-14-31(36,37)38/h13-19,21-23H,2-12H2,1H3. The summed E-state index contributed by atoms with van der Waals surface area (Å²) in [5, 5.41) is 0. The lowest BCUT2D eigenvalue weighted by molar-refractivity contribution is -0.0790. The SMILES string of the molecule is CCC1CCC(C2CCC(c3cc(F)c(CCc4cc(F)c(C=CC(F)(F)F)c(F)c4)c(F)c3)CC2)CC1. The van der Waals surface area contributed by atoms with Crippen LogP contribution in [0.1, 0.15) is 92.9 Å². The predicted octanol–water partition coefficient (Wildman–Crippen LogP) is 10.1. The number of aryl methyl sites for hydroxylation is 1. The number of hydrogen-bond acceptors (Lipinski definition) is 0. The van der Waals surface area contributed by atoms with Crippen LogP contribution >= 0.6 is 0 Å². The monoisotopic (exact) mass is 540 g/mol. The van der Waals surface area contributed by atoms with Crippen LogP contribution in [0, 0.1) is 41.0 Å². The molecule has 0 nitrogen and oxygen atoms in total. The fraction of sp³-hybridized carbons (Fsp3) is 0.548. The van der Waals surface area contributed by atoms with Gasteiger partial charge in [-0.2, -0.15) is 13.2 Å². The molecule has 0 aromatic heterocycles. The zero-order chi connectivity index (χ0) is 27.4. The summed E-state index contributed by atoms with van der Waals surface area (Å²) in [6.07, 6.45) is 5.70. The molecule has 0 spiro atoms. The van der Waals surface area contributed by atoms with Crippen molar-refractivity contribution in [2.75, 3.05) is 0 Å². The first-order valence-corrected chi connectivity index (χ1v) is 13.8. The van der Waals surface area contributed by atoms with Crippen LogP contribution in [0.4, 0.5) is 30.7 Å². The molecule has 0 saturated heterocycles. The minimum atomic E-state index is -4.70. The fourth-order valence-electron chi connectivity index (χ4n) is 6.48. The molecule has 0 heterocycles. The van der Waals surface area contributed by atoms with E-state index >= 15 is 0 Å². The molecule has 2 aliphatic rings. The van der Waals surface area contributed by atoms with Gasteiger partial charge in [-0.3, -0.25) is 0 Å². The molecule has 38 heavy (non-hydrogen) atoms. The summed E-state index contributed by atoms with van der Waals surface area (Å²) in [5.41, 5.74) is -0.193. The van der Waals surface area contributed by atoms with Gasteiger partial charge in [0.1, 0.15) is 23.3 Å². The largest absolute Gasteiger partial charge is 0.409 e. The van der Waals surface area contributed by atoms with Gasteiger partial charge in [-0.05, 0) is 117 Å². The molecule has 0 N–H and O–H groups in total. The van der Waals surface area contributed by atoms with Gasteiger partial charge in [-0.1, -0.05) is 26.2 Å². The second-order valence-electron chi connectivity index (χ2n) is 11.1. The van der Waals surface area contributed by atoms with Gasteiger partial charge in [0.15, 0.2) is 0 Å². The Morgan fingerprint density at radius 3 is 1.74 bits per heavy atom. The highest BCUT2D eigenvalue weighted by atomic mass is 19.4. The molecule has 2 aliphatic carbocycles. The van der Waals surface area contributed by atoms with Crippen LogP contribution in [-0.2, 0) is 12.8 Å². The van der Waals surface area contributed by atoms with E-state index in [1.165, 1.54) is 44.2 Å².